The van der Waals surface area contributed by atoms with E-state index in [0.717, 1.165) is 4.47 Å². The van der Waals surface area contributed by atoms with Gasteiger partial charge in [0.2, 0.25) is 0 Å². The zero-order chi connectivity index (χ0) is 20.0. The molecule has 27 heavy (non-hydrogen) atoms. The number of hydrogen-bond acceptors (Lipinski definition) is 4. The molecule has 0 aromatic heterocycles. The van der Waals surface area contributed by atoms with Crippen LogP contribution in [-0.4, -0.2) is 24.2 Å². The first-order valence-electron chi connectivity index (χ1n) is 8.52. The van der Waals surface area contributed by atoms with Gasteiger partial charge in [-0.25, -0.2) is 4.39 Å². The summed E-state index contributed by atoms with van der Waals surface area (Å²) in [5, 5.41) is 12.4. The average molecular weight is 440 g/mol. The number of benzene rings is 2. The Labute approximate surface area is 166 Å². The second-order valence-corrected chi connectivity index (χ2v) is 7.23. The van der Waals surface area contributed by atoms with Crippen LogP contribution in [-0.2, 0) is 17.9 Å². The van der Waals surface area contributed by atoms with E-state index in [9.17, 15) is 14.3 Å². The Kier molecular flexibility index (Phi) is 7.62. The van der Waals surface area contributed by atoms with Crippen LogP contribution in [0.25, 0.3) is 0 Å². The van der Waals surface area contributed by atoms with E-state index in [2.05, 4.69) is 21.2 Å². The molecule has 2 rings (SSSR count). The van der Waals surface area contributed by atoms with Crippen LogP contribution >= 0.6 is 15.9 Å². The minimum absolute atomic E-state index is 0.0268. The number of halogens is 2. The number of rotatable bonds is 9. The molecule has 0 heterocycles. The molecule has 0 aliphatic carbocycles. The van der Waals surface area contributed by atoms with Gasteiger partial charge in [-0.1, -0.05) is 48.0 Å². The Morgan fingerprint density at radius 2 is 1.96 bits per heavy atom. The molecule has 146 valence electrons. The summed E-state index contributed by atoms with van der Waals surface area (Å²) in [6.07, 6.45) is 0. The van der Waals surface area contributed by atoms with Gasteiger partial charge in [-0.2, -0.15) is 0 Å². The molecule has 0 saturated heterocycles. The fourth-order valence-electron chi connectivity index (χ4n) is 2.65. The lowest BCUT2D eigenvalue weighted by atomic mass is 10.0. The topological polar surface area (TPSA) is 67.8 Å². The lowest BCUT2D eigenvalue weighted by molar-refractivity contribution is -0.140. The molecule has 1 unspecified atom stereocenters. The van der Waals surface area contributed by atoms with Crippen LogP contribution in [0, 0.1) is 11.7 Å². The van der Waals surface area contributed by atoms with E-state index in [1.54, 1.807) is 30.3 Å². The van der Waals surface area contributed by atoms with Crippen molar-refractivity contribution in [3.8, 4) is 11.5 Å². The zero-order valence-corrected chi connectivity index (χ0v) is 17.0. The first kappa shape index (κ1) is 21.2. The molecule has 2 aromatic carbocycles. The highest BCUT2D eigenvalue weighted by Gasteiger charge is 2.23. The SMILES string of the molecule is COc1ccc(Br)c(CNC(C(=O)O)C(C)C)c1OCc1ccccc1F. The van der Waals surface area contributed by atoms with Crippen molar-refractivity contribution in [2.75, 3.05) is 7.11 Å². The molecule has 0 fully saturated rings. The van der Waals surface area contributed by atoms with Crippen LogP contribution in [0.3, 0.4) is 0 Å². The third-order valence-electron chi connectivity index (χ3n) is 4.15. The minimum Gasteiger partial charge on any atom is -0.493 e. The highest BCUT2D eigenvalue weighted by atomic mass is 79.9. The van der Waals surface area contributed by atoms with Gasteiger partial charge in [0.15, 0.2) is 11.5 Å². The highest BCUT2D eigenvalue weighted by Crippen LogP contribution is 2.37. The van der Waals surface area contributed by atoms with Crippen molar-refractivity contribution in [1.82, 2.24) is 5.32 Å². The first-order valence-corrected chi connectivity index (χ1v) is 9.32. The van der Waals surface area contributed by atoms with Crippen molar-refractivity contribution in [1.29, 1.82) is 0 Å². The molecule has 5 nitrogen and oxygen atoms in total. The number of carboxylic acid groups (broad SMARTS) is 1. The summed E-state index contributed by atoms with van der Waals surface area (Å²) in [4.78, 5) is 11.4. The normalized spacial score (nSPS) is 12.1. The Morgan fingerprint density at radius 1 is 1.26 bits per heavy atom. The summed E-state index contributed by atoms with van der Waals surface area (Å²) in [6.45, 7) is 3.95. The van der Waals surface area contributed by atoms with Gasteiger partial charge >= 0.3 is 5.97 Å². The summed E-state index contributed by atoms with van der Waals surface area (Å²) in [5.74, 6) is -0.428. The number of nitrogens with one attached hydrogen (secondary N) is 1. The summed E-state index contributed by atoms with van der Waals surface area (Å²) < 4.78 is 25.9. The molecule has 1 atom stereocenters. The average Bonchev–Trinajstić information content (AvgIpc) is 2.62. The molecule has 0 bridgehead atoms. The van der Waals surface area contributed by atoms with Crippen molar-refractivity contribution in [2.24, 2.45) is 5.92 Å². The number of aliphatic carboxylic acids is 1. The van der Waals surface area contributed by atoms with E-state index in [-0.39, 0.29) is 24.9 Å². The highest BCUT2D eigenvalue weighted by molar-refractivity contribution is 9.10. The molecular formula is C20H23BrFNO4. The maximum Gasteiger partial charge on any atom is 0.320 e. The van der Waals surface area contributed by atoms with Gasteiger partial charge in [0.25, 0.3) is 0 Å². The van der Waals surface area contributed by atoms with Crippen LogP contribution in [0.5, 0.6) is 11.5 Å². The molecule has 0 radical (unpaired) electrons. The van der Waals surface area contributed by atoms with Crippen molar-refractivity contribution >= 4 is 21.9 Å². The number of hydrogen-bond donors (Lipinski definition) is 2. The minimum atomic E-state index is -0.919. The fraction of sp³-hybridized carbons (Fsp3) is 0.350. The van der Waals surface area contributed by atoms with E-state index >= 15 is 0 Å². The van der Waals surface area contributed by atoms with Crippen molar-refractivity contribution in [3.05, 3.63) is 57.8 Å². The third kappa shape index (κ3) is 5.43. The van der Waals surface area contributed by atoms with Crippen LogP contribution in [0.15, 0.2) is 40.9 Å². The van der Waals surface area contributed by atoms with Gasteiger partial charge in [0.05, 0.1) is 7.11 Å². The predicted octanol–water partition coefficient (Wildman–Crippen LogP) is 4.37. The van der Waals surface area contributed by atoms with E-state index in [0.29, 0.717) is 22.6 Å². The summed E-state index contributed by atoms with van der Waals surface area (Å²) in [7, 11) is 1.52. The maximum absolute atomic E-state index is 13.9. The fourth-order valence-corrected chi connectivity index (χ4v) is 3.10. The second kappa shape index (κ2) is 9.71. The molecule has 0 saturated carbocycles. The molecule has 2 aromatic rings. The molecule has 0 amide bonds. The smallest absolute Gasteiger partial charge is 0.320 e. The standard InChI is InChI=1S/C20H23BrFNO4/c1-12(2)18(20(24)25)23-10-14-15(21)8-9-17(26-3)19(14)27-11-13-6-4-5-7-16(13)22/h4-9,12,18,23H,10-11H2,1-3H3,(H,24,25). The number of carboxylic acids is 1. The van der Waals surface area contributed by atoms with E-state index in [1.165, 1.54) is 13.2 Å². The molecule has 0 spiro atoms. The van der Waals surface area contributed by atoms with Crippen LogP contribution in [0.2, 0.25) is 0 Å². The quantitative estimate of drug-likeness (QED) is 0.606. The first-order chi connectivity index (χ1) is 12.8. The Hall–Kier alpha value is -2.12. The summed E-state index contributed by atoms with van der Waals surface area (Å²) in [5.41, 5.74) is 1.13. The van der Waals surface area contributed by atoms with Crippen molar-refractivity contribution in [2.45, 2.75) is 33.0 Å². The maximum atomic E-state index is 13.9. The summed E-state index contributed by atoms with van der Waals surface area (Å²) >= 11 is 3.48. The molecule has 0 aliphatic rings. The van der Waals surface area contributed by atoms with E-state index in [1.807, 2.05) is 13.8 Å². The van der Waals surface area contributed by atoms with Crippen molar-refractivity contribution < 1.29 is 23.8 Å². The van der Waals surface area contributed by atoms with E-state index < -0.39 is 12.0 Å². The van der Waals surface area contributed by atoms with Gasteiger partial charge in [-0.15, -0.1) is 0 Å². The monoisotopic (exact) mass is 439 g/mol. The van der Waals surface area contributed by atoms with Gasteiger partial charge in [-0.3, -0.25) is 10.1 Å². The van der Waals surface area contributed by atoms with Gasteiger partial charge in [0, 0.05) is 22.1 Å². The number of methoxy groups -OCH3 is 1. The molecule has 7 heteroatoms. The number of carbonyl (C=O) groups is 1. The lowest BCUT2D eigenvalue weighted by Crippen LogP contribution is -2.40. The van der Waals surface area contributed by atoms with Gasteiger partial charge in [-0.05, 0) is 24.1 Å². The van der Waals surface area contributed by atoms with Crippen LogP contribution in [0.1, 0.15) is 25.0 Å². The van der Waals surface area contributed by atoms with Crippen LogP contribution in [0.4, 0.5) is 4.39 Å². The van der Waals surface area contributed by atoms with Crippen LogP contribution < -0.4 is 14.8 Å². The lowest BCUT2D eigenvalue weighted by Gasteiger charge is -2.21. The Bertz CT molecular complexity index is 798. The molecule has 2 N–H and O–H groups in total. The molecule has 0 aliphatic heterocycles. The summed E-state index contributed by atoms with van der Waals surface area (Å²) in [6, 6.07) is 9.21. The molecular weight excluding hydrogens is 417 g/mol. The largest absolute Gasteiger partial charge is 0.493 e. The second-order valence-electron chi connectivity index (χ2n) is 6.38. The number of ether oxygens (including phenoxy) is 2. The predicted molar refractivity (Wildman–Crippen MR) is 105 cm³/mol. The Morgan fingerprint density at radius 3 is 2.56 bits per heavy atom. The van der Waals surface area contributed by atoms with Gasteiger partial charge in [0.1, 0.15) is 18.5 Å². The van der Waals surface area contributed by atoms with Gasteiger partial charge < -0.3 is 14.6 Å². The Balaban J connectivity index is 2.28. The van der Waals surface area contributed by atoms with Crippen molar-refractivity contribution in [3.63, 3.8) is 0 Å². The third-order valence-corrected chi connectivity index (χ3v) is 4.89. The zero-order valence-electron chi connectivity index (χ0n) is 15.5. The van der Waals surface area contributed by atoms with E-state index in [4.69, 9.17) is 9.47 Å².